The number of allylic oxidation sites excluding steroid dienone is 2. The van der Waals surface area contributed by atoms with E-state index in [4.69, 9.17) is 3.90 Å². The summed E-state index contributed by atoms with van der Waals surface area (Å²) >= 11 is -1.04. The molecule has 0 atom stereocenters. The van der Waals surface area contributed by atoms with Gasteiger partial charge in [-0.15, -0.1) is 0 Å². The van der Waals surface area contributed by atoms with Crippen molar-refractivity contribution in [1.29, 1.82) is 0 Å². The molecule has 0 amide bonds. The number of rotatable bonds is 0. The van der Waals surface area contributed by atoms with Gasteiger partial charge in [0, 0.05) is 0 Å². The molecule has 1 rings (SSSR count). The zero-order valence-corrected chi connectivity index (χ0v) is 11.0. The molecular weight excluding hydrogens is 207 g/mol. The summed E-state index contributed by atoms with van der Waals surface area (Å²) in [6, 6.07) is 0. The number of hydrogen-bond donors (Lipinski definition) is 0. The van der Waals surface area contributed by atoms with Crippen molar-refractivity contribution in [3.8, 4) is 0 Å². The molecule has 0 spiro atoms. The van der Waals surface area contributed by atoms with Gasteiger partial charge < -0.3 is 0 Å². The van der Waals surface area contributed by atoms with E-state index in [9.17, 15) is 0 Å². The van der Waals surface area contributed by atoms with Crippen molar-refractivity contribution in [3.63, 3.8) is 0 Å². The van der Waals surface area contributed by atoms with Crippen LogP contribution in [0.1, 0.15) is 34.6 Å². The summed E-state index contributed by atoms with van der Waals surface area (Å²) < 4.78 is 4.93. The van der Waals surface area contributed by atoms with Crippen LogP contribution in [0.3, 0.4) is 0 Å². The van der Waals surface area contributed by atoms with Gasteiger partial charge in [0.15, 0.2) is 0 Å². The molecule has 1 nitrogen and oxygen atoms in total. The Kier molecular flexibility index (Phi) is 2.92. The summed E-state index contributed by atoms with van der Waals surface area (Å²) in [5, 5.41) is 2.70. The summed E-state index contributed by atoms with van der Waals surface area (Å²) in [4.78, 5) is 0. The summed E-state index contributed by atoms with van der Waals surface area (Å²) in [7, 11) is 0. The molecule has 0 aliphatic carbocycles. The van der Waals surface area contributed by atoms with Gasteiger partial charge in [-0.3, -0.25) is 0 Å². The molecular formula is C10H19GeN. The van der Waals surface area contributed by atoms with Crippen LogP contribution >= 0.6 is 0 Å². The molecule has 0 aromatic carbocycles. The topological polar surface area (TPSA) is 12.4 Å². The number of hydrogen-bond acceptors (Lipinski definition) is 1. The van der Waals surface area contributed by atoms with Crippen LogP contribution < -0.4 is 0 Å². The first-order valence-corrected chi connectivity index (χ1v) is 8.52. The summed E-state index contributed by atoms with van der Waals surface area (Å²) in [6.07, 6.45) is 0. The maximum atomic E-state index is 4.93. The van der Waals surface area contributed by atoms with Crippen molar-refractivity contribution in [1.82, 2.24) is 0 Å². The first-order chi connectivity index (χ1) is 5.38. The van der Waals surface area contributed by atoms with Gasteiger partial charge in [-0.25, -0.2) is 0 Å². The fourth-order valence-corrected chi connectivity index (χ4v) is 7.95. The van der Waals surface area contributed by atoms with Crippen molar-refractivity contribution >= 4 is 14.2 Å². The molecule has 0 aromatic heterocycles. The minimum absolute atomic E-state index is 0.209. The Labute approximate surface area is 80.2 Å². The predicted molar refractivity (Wildman–Crippen MR) is 55.9 cm³/mol. The Balaban J connectivity index is 2.69. The zero-order valence-electron chi connectivity index (χ0n) is 8.86. The van der Waals surface area contributed by atoms with Crippen molar-refractivity contribution in [2.45, 2.75) is 50.7 Å². The second kappa shape index (κ2) is 3.45. The van der Waals surface area contributed by atoms with Gasteiger partial charge in [-0.1, -0.05) is 0 Å². The van der Waals surface area contributed by atoms with E-state index in [1.807, 2.05) is 0 Å². The second-order valence-corrected chi connectivity index (χ2v) is 9.09. The predicted octanol–water partition coefficient (Wildman–Crippen LogP) is 3.40. The van der Waals surface area contributed by atoms with Gasteiger partial charge in [-0.2, -0.15) is 0 Å². The van der Waals surface area contributed by atoms with E-state index in [0.717, 1.165) is 0 Å². The van der Waals surface area contributed by atoms with Crippen molar-refractivity contribution in [2.75, 3.05) is 0 Å². The summed E-state index contributed by atoms with van der Waals surface area (Å²) in [5.41, 5.74) is 3.45. The van der Waals surface area contributed by atoms with Crippen LogP contribution in [0.4, 0.5) is 0 Å². The zero-order chi connectivity index (χ0) is 9.35. The Morgan fingerprint density at radius 3 is 1.83 bits per heavy atom. The van der Waals surface area contributed by atoms with Crippen LogP contribution in [-0.4, -0.2) is 19.7 Å². The Morgan fingerprint density at radius 2 is 1.50 bits per heavy atom. The van der Waals surface area contributed by atoms with E-state index < -0.39 is 14.2 Å². The van der Waals surface area contributed by atoms with Crippen LogP contribution in [0.15, 0.2) is 15.0 Å². The Morgan fingerprint density at radius 1 is 1.08 bits per heavy atom. The number of nitrogens with zero attached hydrogens (tertiary/aromatic N) is 1. The SMILES string of the molecule is CC1=C(C)[CH2][Ge](=[N]C(C)(C)C)[CH2]1. The van der Waals surface area contributed by atoms with Crippen LogP contribution in [0, 0.1) is 0 Å². The molecule has 0 unspecified atom stereocenters. The summed E-state index contributed by atoms with van der Waals surface area (Å²) in [6.45, 7) is 11.2. The molecule has 0 bridgehead atoms. The van der Waals surface area contributed by atoms with Crippen LogP contribution in [0.5, 0.6) is 0 Å². The average Bonchev–Trinajstić information content (AvgIpc) is 2.07. The molecule has 0 saturated heterocycles. The Bertz CT molecular complexity index is 227. The Hall–Kier alpha value is 0.0829. The van der Waals surface area contributed by atoms with E-state index in [-0.39, 0.29) is 5.54 Å². The summed E-state index contributed by atoms with van der Waals surface area (Å²) in [5.74, 6) is 0. The molecule has 0 N–H and O–H groups in total. The van der Waals surface area contributed by atoms with E-state index in [1.54, 1.807) is 11.1 Å². The van der Waals surface area contributed by atoms with Crippen molar-refractivity contribution < 1.29 is 0 Å². The van der Waals surface area contributed by atoms with E-state index in [1.165, 1.54) is 10.5 Å². The van der Waals surface area contributed by atoms with Crippen LogP contribution in [-0.2, 0) is 0 Å². The fourth-order valence-electron chi connectivity index (χ4n) is 1.53. The molecule has 0 radical (unpaired) electrons. The third-order valence-corrected chi connectivity index (χ3v) is 8.17. The average molecular weight is 226 g/mol. The van der Waals surface area contributed by atoms with E-state index >= 15 is 0 Å². The van der Waals surface area contributed by atoms with E-state index in [2.05, 4.69) is 34.6 Å². The molecule has 0 saturated carbocycles. The molecule has 0 aromatic rings. The molecule has 0 fully saturated rings. The van der Waals surface area contributed by atoms with E-state index in [0.29, 0.717) is 0 Å². The van der Waals surface area contributed by atoms with Crippen LogP contribution in [0.25, 0.3) is 0 Å². The van der Waals surface area contributed by atoms with Gasteiger partial charge in [0.25, 0.3) is 0 Å². The molecule has 1 heterocycles. The third kappa shape index (κ3) is 2.85. The van der Waals surface area contributed by atoms with Gasteiger partial charge >= 0.3 is 79.9 Å². The first-order valence-electron chi connectivity index (χ1n) is 4.61. The minimum atomic E-state index is -1.04. The van der Waals surface area contributed by atoms with Crippen molar-refractivity contribution in [2.24, 2.45) is 3.90 Å². The van der Waals surface area contributed by atoms with Gasteiger partial charge in [0.05, 0.1) is 0 Å². The molecule has 68 valence electrons. The molecule has 1 aliphatic rings. The molecule has 12 heavy (non-hydrogen) atoms. The fraction of sp³-hybridized carbons (Fsp3) is 0.800. The van der Waals surface area contributed by atoms with Crippen LogP contribution in [0.2, 0.25) is 10.5 Å². The third-order valence-electron chi connectivity index (χ3n) is 2.16. The maximum absolute atomic E-state index is 4.93. The standard InChI is InChI=1S/C10H19GeN/c1-8-6-11(7-9(8)2)12-10(3,4)5/h6-7H2,1-5H3. The van der Waals surface area contributed by atoms with Crippen molar-refractivity contribution in [3.05, 3.63) is 11.1 Å². The van der Waals surface area contributed by atoms with Gasteiger partial charge in [-0.05, 0) is 0 Å². The quantitative estimate of drug-likeness (QED) is 0.443. The first kappa shape index (κ1) is 10.2. The molecule has 2 heteroatoms. The second-order valence-electron chi connectivity index (χ2n) is 4.76. The van der Waals surface area contributed by atoms with Gasteiger partial charge in [0.1, 0.15) is 0 Å². The van der Waals surface area contributed by atoms with Gasteiger partial charge in [0.2, 0.25) is 0 Å². The monoisotopic (exact) mass is 227 g/mol. The normalized spacial score (nSPS) is 18.9. The molecule has 1 aliphatic heterocycles.